The van der Waals surface area contributed by atoms with Gasteiger partial charge in [0.2, 0.25) is 0 Å². The lowest BCUT2D eigenvalue weighted by molar-refractivity contribution is 0.157. The molecular formula is C13H23N3S. The van der Waals surface area contributed by atoms with Crippen LogP contribution in [0.3, 0.4) is 0 Å². The minimum atomic E-state index is 0.444. The van der Waals surface area contributed by atoms with Crippen LogP contribution in [0.4, 0.5) is 0 Å². The van der Waals surface area contributed by atoms with E-state index in [0.717, 1.165) is 6.54 Å². The van der Waals surface area contributed by atoms with Crippen molar-refractivity contribution < 1.29 is 0 Å². The van der Waals surface area contributed by atoms with Gasteiger partial charge in [-0.1, -0.05) is 20.3 Å². The van der Waals surface area contributed by atoms with Crippen molar-refractivity contribution in [3.63, 3.8) is 0 Å². The van der Waals surface area contributed by atoms with Crippen LogP contribution in [0.1, 0.15) is 55.0 Å². The van der Waals surface area contributed by atoms with E-state index in [1.54, 1.807) is 0 Å². The molecule has 17 heavy (non-hydrogen) atoms. The molecule has 1 aromatic rings. The summed E-state index contributed by atoms with van der Waals surface area (Å²) in [6, 6.07) is 0.553. The summed E-state index contributed by atoms with van der Waals surface area (Å²) in [5.74, 6) is 0.444. The number of thiazole rings is 1. The van der Waals surface area contributed by atoms with E-state index < -0.39 is 0 Å². The zero-order valence-electron chi connectivity index (χ0n) is 10.9. The highest BCUT2D eigenvalue weighted by molar-refractivity contribution is 7.11. The van der Waals surface area contributed by atoms with Gasteiger partial charge in [0.1, 0.15) is 5.01 Å². The lowest BCUT2D eigenvalue weighted by Gasteiger charge is -2.33. The molecule has 0 aromatic carbocycles. The van der Waals surface area contributed by atoms with Gasteiger partial charge in [-0.2, -0.15) is 0 Å². The molecule has 2 atom stereocenters. The van der Waals surface area contributed by atoms with Crippen LogP contribution in [0.5, 0.6) is 0 Å². The molecule has 1 aromatic heterocycles. The van der Waals surface area contributed by atoms with Crippen LogP contribution in [0.2, 0.25) is 0 Å². The van der Waals surface area contributed by atoms with Gasteiger partial charge in [0.05, 0.1) is 6.04 Å². The molecule has 96 valence electrons. The monoisotopic (exact) mass is 253 g/mol. The van der Waals surface area contributed by atoms with Crippen LogP contribution in [0, 0.1) is 0 Å². The predicted octanol–water partition coefficient (Wildman–Crippen LogP) is 2.75. The SMILES string of the molecule is CCN1CCCCC1c1ncc(C(C)CN)s1. The zero-order valence-corrected chi connectivity index (χ0v) is 11.7. The molecule has 0 aliphatic carbocycles. The lowest BCUT2D eigenvalue weighted by Crippen LogP contribution is -2.32. The Morgan fingerprint density at radius 1 is 1.59 bits per heavy atom. The van der Waals surface area contributed by atoms with Crippen molar-refractivity contribution in [1.29, 1.82) is 0 Å². The third kappa shape index (κ3) is 2.87. The van der Waals surface area contributed by atoms with Crippen molar-refractivity contribution in [2.75, 3.05) is 19.6 Å². The maximum Gasteiger partial charge on any atom is 0.110 e. The molecule has 0 saturated carbocycles. The van der Waals surface area contributed by atoms with Gasteiger partial charge in [0.25, 0.3) is 0 Å². The fraction of sp³-hybridized carbons (Fsp3) is 0.769. The maximum atomic E-state index is 5.71. The summed E-state index contributed by atoms with van der Waals surface area (Å²) in [6.07, 6.45) is 5.96. The van der Waals surface area contributed by atoms with Crippen LogP contribution >= 0.6 is 11.3 Å². The Morgan fingerprint density at radius 3 is 3.12 bits per heavy atom. The summed E-state index contributed by atoms with van der Waals surface area (Å²) in [4.78, 5) is 8.52. The first-order valence-electron chi connectivity index (χ1n) is 6.66. The molecule has 1 fully saturated rings. The molecule has 2 N–H and O–H groups in total. The van der Waals surface area contributed by atoms with Gasteiger partial charge in [-0.25, -0.2) is 4.98 Å². The molecular weight excluding hydrogens is 230 g/mol. The first-order chi connectivity index (χ1) is 8.26. The topological polar surface area (TPSA) is 42.2 Å². The standard InChI is InChI=1S/C13H23N3S/c1-3-16-7-5-4-6-11(16)13-15-9-12(17-13)10(2)8-14/h9-11H,3-8,14H2,1-2H3. The van der Waals surface area contributed by atoms with Gasteiger partial charge in [-0.3, -0.25) is 4.90 Å². The molecule has 2 rings (SSSR count). The Balaban J connectivity index is 2.12. The van der Waals surface area contributed by atoms with Crippen molar-refractivity contribution in [3.8, 4) is 0 Å². The average molecular weight is 253 g/mol. The highest BCUT2D eigenvalue weighted by Crippen LogP contribution is 2.34. The molecule has 2 heterocycles. The largest absolute Gasteiger partial charge is 0.330 e. The molecule has 3 nitrogen and oxygen atoms in total. The normalized spacial score (nSPS) is 23.8. The summed E-state index contributed by atoms with van der Waals surface area (Å²) in [5, 5.41) is 1.29. The summed E-state index contributed by atoms with van der Waals surface area (Å²) >= 11 is 1.86. The minimum absolute atomic E-state index is 0.444. The second kappa shape index (κ2) is 5.94. The first kappa shape index (κ1) is 13.0. The van der Waals surface area contributed by atoms with Gasteiger partial charge in [0, 0.05) is 17.0 Å². The number of nitrogens with zero attached hydrogens (tertiary/aromatic N) is 2. The maximum absolute atomic E-state index is 5.71. The lowest BCUT2D eigenvalue weighted by atomic mass is 10.0. The molecule has 4 heteroatoms. The van der Waals surface area contributed by atoms with Gasteiger partial charge >= 0.3 is 0 Å². The summed E-state index contributed by atoms with van der Waals surface area (Å²) in [5.41, 5.74) is 5.71. The molecule has 1 aliphatic heterocycles. The number of nitrogens with two attached hydrogens (primary N) is 1. The van der Waals surface area contributed by atoms with E-state index in [2.05, 4.69) is 23.7 Å². The van der Waals surface area contributed by atoms with Crippen molar-refractivity contribution in [2.45, 2.75) is 45.1 Å². The van der Waals surface area contributed by atoms with Crippen molar-refractivity contribution in [3.05, 3.63) is 16.1 Å². The number of hydrogen-bond acceptors (Lipinski definition) is 4. The second-order valence-electron chi connectivity index (χ2n) is 4.88. The highest BCUT2D eigenvalue weighted by atomic mass is 32.1. The van der Waals surface area contributed by atoms with Crippen molar-refractivity contribution >= 4 is 11.3 Å². The zero-order chi connectivity index (χ0) is 12.3. The van der Waals surface area contributed by atoms with Crippen LogP contribution < -0.4 is 5.73 Å². The summed E-state index contributed by atoms with van der Waals surface area (Å²) in [7, 11) is 0. The predicted molar refractivity (Wildman–Crippen MR) is 73.4 cm³/mol. The Labute approximate surface area is 108 Å². The molecule has 0 spiro atoms. The fourth-order valence-electron chi connectivity index (χ4n) is 2.45. The fourth-order valence-corrected chi connectivity index (χ4v) is 3.60. The summed E-state index contributed by atoms with van der Waals surface area (Å²) < 4.78 is 0. The number of likely N-dealkylation sites (tertiary alicyclic amines) is 1. The van der Waals surface area contributed by atoms with E-state index in [1.807, 2.05) is 17.5 Å². The van der Waals surface area contributed by atoms with E-state index in [0.29, 0.717) is 18.5 Å². The van der Waals surface area contributed by atoms with Gasteiger partial charge in [-0.15, -0.1) is 11.3 Å². The van der Waals surface area contributed by atoms with Crippen LogP contribution in [-0.2, 0) is 0 Å². The molecule has 1 aliphatic rings. The van der Waals surface area contributed by atoms with E-state index >= 15 is 0 Å². The number of aromatic nitrogens is 1. The van der Waals surface area contributed by atoms with E-state index in [1.165, 1.54) is 35.7 Å². The number of piperidine rings is 1. The molecule has 0 amide bonds. The summed E-state index contributed by atoms with van der Waals surface area (Å²) in [6.45, 7) is 7.49. The third-order valence-electron chi connectivity index (χ3n) is 3.69. The Bertz CT molecular complexity index is 350. The van der Waals surface area contributed by atoms with Gasteiger partial charge in [-0.05, 0) is 32.5 Å². The van der Waals surface area contributed by atoms with Crippen molar-refractivity contribution in [1.82, 2.24) is 9.88 Å². The van der Waals surface area contributed by atoms with E-state index in [9.17, 15) is 0 Å². The molecule has 1 saturated heterocycles. The minimum Gasteiger partial charge on any atom is -0.330 e. The highest BCUT2D eigenvalue weighted by Gasteiger charge is 2.25. The Hall–Kier alpha value is -0.450. The van der Waals surface area contributed by atoms with Crippen LogP contribution in [0.25, 0.3) is 0 Å². The van der Waals surface area contributed by atoms with Crippen LogP contribution in [-0.4, -0.2) is 29.5 Å². The Kier molecular flexibility index (Phi) is 4.54. The van der Waals surface area contributed by atoms with Crippen molar-refractivity contribution in [2.24, 2.45) is 5.73 Å². The number of rotatable bonds is 4. The molecule has 0 bridgehead atoms. The van der Waals surface area contributed by atoms with Crippen LogP contribution in [0.15, 0.2) is 6.20 Å². The first-order valence-corrected chi connectivity index (χ1v) is 7.47. The Morgan fingerprint density at radius 2 is 2.41 bits per heavy atom. The molecule has 2 unspecified atom stereocenters. The molecule has 0 radical (unpaired) electrons. The van der Waals surface area contributed by atoms with Gasteiger partial charge in [0.15, 0.2) is 0 Å². The third-order valence-corrected chi connectivity index (χ3v) is 5.02. The van der Waals surface area contributed by atoms with Gasteiger partial charge < -0.3 is 5.73 Å². The second-order valence-corrected chi connectivity index (χ2v) is 5.97. The quantitative estimate of drug-likeness (QED) is 0.897. The average Bonchev–Trinajstić information content (AvgIpc) is 2.87. The van der Waals surface area contributed by atoms with E-state index in [4.69, 9.17) is 5.73 Å². The number of hydrogen-bond donors (Lipinski definition) is 1. The van der Waals surface area contributed by atoms with E-state index in [-0.39, 0.29) is 0 Å². The smallest absolute Gasteiger partial charge is 0.110 e.